The summed E-state index contributed by atoms with van der Waals surface area (Å²) >= 11 is 0. The summed E-state index contributed by atoms with van der Waals surface area (Å²) in [5, 5.41) is 19.0. The van der Waals surface area contributed by atoms with E-state index in [0.29, 0.717) is 50.6 Å². The summed E-state index contributed by atoms with van der Waals surface area (Å²) in [7, 11) is 0. The number of ether oxygens (including phenoxy) is 3. The SMILES string of the molecule is CC(C)(CCOCCOCCC(C)(C)Cc1cc(=O)c(O)co1)CC1=CCOC=C(O)C1=O. The van der Waals surface area contributed by atoms with Crippen molar-refractivity contribution in [2.24, 2.45) is 10.8 Å². The van der Waals surface area contributed by atoms with Gasteiger partial charge in [-0.3, -0.25) is 9.59 Å². The molecule has 0 unspecified atom stereocenters. The molecule has 0 aromatic carbocycles. The monoisotopic (exact) mass is 464 g/mol. The van der Waals surface area contributed by atoms with Gasteiger partial charge in [0.25, 0.3) is 0 Å². The number of hydrogen-bond donors (Lipinski definition) is 2. The fraction of sp³-hybridized carbons (Fsp3) is 0.600. The number of hydrogen-bond acceptors (Lipinski definition) is 8. The second kappa shape index (κ2) is 12.0. The zero-order valence-electron chi connectivity index (χ0n) is 20.0. The molecule has 8 heteroatoms. The molecule has 8 nitrogen and oxygen atoms in total. The molecule has 0 saturated heterocycles. The minimum atomic E-state index is -0.440. The van der Waals surface area contributed by atoms with Crippen LogP contribution in [-0.4, -0.2) is 49.0 Å². The van der Waals surface area contributed by atoms with Crippen LogP contribution in [0.1, 0.15) is 52.7 Å². The van der Waals surface area contributed by atoms with Crippen LogP contribution in [0.2, 0.25) is 0 Å². The van der Waals surface area contributed by atoms with Crippen LogP contribution in [0.25, 0.3) is 0 Å². The smallest absolute Gasteiger partial charge is 0.226 e. The molecule has 33 heavy (non-hydrogen) atoms. The normalized spacial score (nSPS) is 15.0. The third-order valence-electron chi connectivity index (χ3n) is 5.55. The zero-order valence-corrected chi connectivity index (χ0v) is 20.0. The lowest BCUT2D eigenvalue weighted by molar-refractivity contribution is -0.115. The predicted molar refractivity (Wildman–Crippen MR) is 123 cm³/mol. The number of carbonyl (C=O) groups excluding carboxylic acids is 1. The molecule has 0 atom stereocenters. The van der Waals surface area contributed by atoms with E-state index >= 15 is 0 Å². The molecule has 0 spiro atoms. The van der Waals surface area contributed by atoms with E-state index in [9.17, 15) is 19.8 Å². The van der Waals surface area contributed by atoms with E-state index in [1.54, 1.807) is 6.08 Å². The maximum atomic E-state index is 12.2. The first-order valence-corrected chi connectivity index (χ1v) is 11.2. The van der Waals surface area contributed by atoms with E-state index in [-0.39, 0.29) is 34.7 Å². The summed E-state index contributed by atoms with van der Waals surface area (Å²) in [6, 6.07) is 1.32. The Morgan fingerprint density at radius 3 is 2.15 bits per heavy atom. The van der Waals surface area contributed by atoms with E-state index in [1.165, 1.54) is 6.07 Å². The van der Waals surface area contributed by atoms with Crippen molar-refractivity contribution in [3.05, 3.63) is 52.0 Å². The first-order valence-electron chi connectivity index (χ1n) is 11.2. The second-order valence-electron chi connectivity index (χ2n) is 9.90. The Labute approximate surface area is 194 Å². The number of allylic oxidation sites excluding steroid dienone is 1. The highest BCUT2D eigenvalue weighted by molar-refractivity contribution is 6.06. The summed E-state index contributed by atoms with van der Waals surface area (Å²) in [4.78, 5) is 23.7. The Hall–Kier alpha value is -2.58. The van der Waals surface area contributed by atoms with E-state index in [2.05, 4.69) is 27.7 Å². The molecule has 1 aliphatic heterocycles. The molecule has 2 N–H and O–H groups in total. The van der Waals surface area contributed by atoms with Crippen molar-refractivity contribution >= 4 is 5.78 Å². The van der Waals surface area contributed by atoms with Crippen molar-refractivity contribution < 1.29 is 33.6 Å². The van der Waals surface area contributed by atoms with Crippen LogP contribution >= 0.6 is 0 Å². The molecule has 184 valence electrons. The molecule has 0 aliphatic carbocycles. The number of rotatable bonds is 13. The van der Waals surface area contributed by atoms with Crippen molar-refractivity contribution in [1.29, 1.82) is 0 Å². The van der Waals surface area contributed by atoms with Gasteiger partial charge in [0.1, 0.15) is 24.9 Å². The Morgan fingerprint density at radius 1 is 0.939 bits per heavy atom. The number of ketones is 1. The Morgan fingerprint density at radius 2 is 1.55 bits per heavy atom. The van der Waals surface area contributed by atoms with E-state index < -0.39 is 5.43 Å². The first-order chi connectivity index (χ1) is 15.5. The summed E-state index contributed by atoms with van der Waals surface area (Å²) in [5.74, 6) is -0.595. The maximum Gasteiger partial charge on any atom is 0.226 e. The number of aliphatic hydroxyl groups excluding tert-OH is 1. The Balaban J connectivity index is 1.60. The topological polar surface area (TPSA) is 115 Å². The van der Waals surface area contributed by atoms with E-state index in [1.807, 2.05) is 0 Å². The summed E-state index contributed by atoms with van der Waals surface area (Å²) in [5.41, 5.74) is -0.175. The molecule has 2 heterocycles. The van der Waals surface area contributed by atoms with Crippen molar-refractivity contribution in [2.45, 2.75) is 53.4 Å². The standard InChI is InChI=1S/C25H36O8/c1-24(2,14-18-5-8-32-16-22(28)23(18)29)6-9-30-11-12-31-10-7-25(3,4)15-19-13-20(26)21(27)17-33-19/h5,13,16-17,27-28H,6-12,14-15H2,1-4H3. The van der Waals surface area contributed by atoms with Crippen LogP contribution in [-0.2, 0) is 25.4 Å². The quantitative estimate of drug-likeness (QED) is 0.420. The minimum absolute atomic E-state index is 0.128. The van der Waals surface area contributed by atoms with Gasteiger partial charge in [0.05, 0.1) is 13.2 Å². The predicted octanol–water partition coefficient (Wildman–Crippen LogP) is 4.07. The van der Waals surface area contributed by atoms with E-state index in [4.69, 9.17) is 18.6 Å². The maximum absolute atomic E-state index is 12.2. The van der Waals surface area contributed by atoms with Gasteiger partial charge in [-0.15, -0.1) is 0 Å². The average Bonchev–Trinajstić information content (AvgIpc) is 2.88. The molecule has 1 aliphatic rings. The lowest BCUT2D eigenvalue weighted by atomic mass is 9.81. The van der Waals surface area contributed by atoms with E-state index in [0.717, 1.165) is 25.4 Å². The van der Waals surface area contributed by atoms with Gasteiger partial charge in [0, 0.05) is 31.3 Å². The van der Waals surface area contributed by atoms with Crippen molar-refractivity contribution in [1.82, 2.24) is 0 Å². The van der Waals surface area contributed by atoms with Crippen molar-refractivity contribution in [3.63, 3.8) is 0 Å². The largest absolute Gasteiger partial charge is 0.502 e. The molecule has 0 fully saturated rings. The highest BCUT2D eigenvalue weighted by Gasteiger charge is 2.26. The summed E-state index contributed by atoms with van der Waals surface area (Å²) in [6.07, 6.45) is 6.51. The third kappa shape index (κ3) is 9.43. The fourth-order valence-electron chi connectivity index (χ4n) is 3.46. The van der Waals surface area contributed by atoms with Gasteiger partial charge in [0.15, 0.2) is 11.5 Å². The first kappa shape index (κ1) is 26.7. The van der Waals surface area contributed by atoms with Gasteiger partial charge in [-0.05, 0) is 36.2 Å². The molecule has 0 radical (unpaired) electrons. The number of aromatic hydroxyl groups is 1. The molecule has 0 amide bonds. The van der Waals surface area contributed by atoms with Gasteiger partial charge < -0.3 is 28.8 Å². The molecule has 2 rings (SSSR count). The molecule has 0 saturated carbocycles. The van der Waals surface area contributed by atoms with Crippen LogP contribution in [0.5, 0.6) is 5.75 Å². The van der Waals surface area contributed by atoms with Gasteiger partial charge in [0.2, 0.25) is 11.2 Å². The van der Waals surface area contributed by atoms with Crippen LogP contribution in [0.15, 0.2) is 45.2 Å². The number of aliphatic hydroxyl groups is 1. The van der Waals surface area contributed by atoms with Crippen LogP contribution in [0.4, 0.5) is 0 Å². The summed E-state index contributed by atoms with van der Waals surface area (Å²) < 4.78 is 21.7. The molecule has 1 aromatic rings. The minimum Gasteiger partial charge on any atom is -0.502 e. The average molecular weight is 465 g/mol. The molecular weight excluding hydrogens is 428 g/mol. The van der Waals surface area contributed by atoms with Crippen LogP contribution in [0, 0.1) is 10.8 Å². The zero-order chi connectivity index (χ0) is 24.5. The fourth-order valence-corrected chi connectivity index (χ4v) is 3.46. The number of carbonyl (C=O) groups is 1. The third-order valence-corrected chi connectivity index (χ3v) is 5.55. The van der Waals surface area contributed by atoms with Crippen LogP contribution < -0.4 is 5.43 Å². The molecule has 1 aromatic heterocycles. The van der Waals surface area contributed by atoms with Gasteiger partial charge in [-0.25, -0.2) is 0 Å². The second-order valence-corrected chi connectivity index (χ2v) is 9.90. The lowest BCUT2D eigenvalue weighted by Gasteiger charge is -2.25. The Bertz CT molecular complexity index is 907. The highest BCUT2D eigenvalue weighted by Crippen LogP contribution is 2.31. The van der Waals surface area contributed by atoms with Gasteiger partial charge in [-0.1, -0.05) is 27.7 Å². The summed E-state index contributed by atoms with van der Waals surface area (Å²) in [6.45, 7) is 10.6. The van der Waals surface area contributed by atoms with Crippen molar-refractivity contribution in [2.75, 3.05) is 33.0 Å². The highest BCUT2D eigenvalue weighted by atomic mass is 16.5. The Kier molecular flexibility index (Phi) is 9.73. The van der Waals surface area contributed by atoms with Gasteiger partial charge in [-0.2, -0.15) is 0 Å². The molecular formula is C25H36O8. The molecule has 0 bridgehead atoms. The number of Topliss-reactive ketones (excluding diaryl/α,β-unsaturated/α-hetero) is 1. The van der Waals surface area contributed by atoms with Crippen molar-refractivity contribution in [3.8, 4) is 5.75 Å². The van der Waals surface area contributed by atoms with Gasteiger partial charge >= 0.3 is 0 Å². The lowest BCUT2D eigenvalue weighted by Crippen LogP contribution is -2.20. The van der Waals surface area contributed by atoms with Crippen LogP contribution in [0.3, 0.4) is 0 Å².